The highest BCUT2D eigenvalue weighted by atomic mass is 35.5. The van der Waals surface area contributed by atoms with Crippen LogP contribution in [0.5, 0.6) is 0 Å². The molecule has 0 aliphatic carbocycles. The fourth-order valence-corrected chi connectivity index (χ4v) is 4.26. The van der Waals surface area contributed by atoms with Crippen LogP contribution in [-0.2, 0) is 11.2 Å². The number of rotatable bonds is 3. The molecule has 1 aromatic carbocycles. The monoisotopic (exact) mass is 414 g/mol. The zero-order valence-corrected chi connectivity index (χ0v) is 17.5. The maximum atomic E-state index is 14.2. The number of piperidine rings is 1. The van der Waals surface area contributed by atoms with Crippen LogP contribution in [0, 0.1) is 0 Å². The number of halogens is 3. The van der Waals surface area contributed by atoms with E-state index >= 15 is 0 Å². The van der Waals surface area contributed by atoms with Gasteiger partial charge in [-0.25, -0.2) is 13.6 Å². The molecule has 1 aromatic rings. The number of carbonyl (C=O) groups is 1. The van der Waals surface area contributed by atoms with Gasteiger partial charge in [0.2, 0.25) is 0 Å². The number of amides is 1. The van der Waals surface area contributed by atoms with Crippen molar-refractivity contribution in [1.29, 1.82) is 0 Å². The third-order valence-electron chi connectivity index (χ3n) is 5.39. The molecule has 3 rings (SSSR count). The normalized spacial score (nSPS) is 23.8. The van der Waals surface area contributed by atoms with E-state index in [-0.39, 0.29) is 31.1 Å². The molecule has 0 saturated carbocycles. The smallest absolute Gasteiger partial charge is 0.410 e. The Bertz CT molecular complexity index is 683. The minimum absolute atomic E-state index is 0.0596. The van der Waals surface area contributed by atoms with Crippen LogP contribution in [0.1, 0.15) is 45.6 Å². The van der Waals surface area contributed by atoms with Gasteiger partial charge in [-0.2, -0.15) is 0 Å². The summed E-state index contributed by atoms with van der Waals surface area (Å²) in [4.78, 5) is 15.9. The molecule has 2 aliphatic heterocycles. The summed E-state index contributed by atoms with van der Waals surface area (Å²) in [5, 5.41) is 0.645. The maximum Gasteiger partial charge on any atom is 0.410 e. The molecule has 1 atom stereocenters. The van der Waals surface area contributed by atoms with Gasteiger partial charge in [0.05, 0.1) is 6.54 Å². The zero-order valence-electron chi connectivity index (χ0n) is 16.8. The second-order valence-corrected chi connectivity index (χ2v) is 9.35. The molecule has 1 amide bonds. The summed E-state index contributed by atoms with van der Waals surface area (Å²) in [7, 11) is 0. The number of nitrogens with zero attached hydrogens (tertiary/aromatic N) is 2. The molecule has 28 heavy (non-hydrogen) atoms. The quantitative estimate of drug-likeness (QED) is 0.698. The van der Waals surface area contributed by atoms with Gasteiger partial charge in [0.1, 0.15) is 5.60 Å². The molecule has 156 valence electrons. The van der Waals surface area contributed by atoms with Gasteiger partial charge in [-0.1, -0.05) is 23.7 Å². The Hall–Kier alpha value is -1.40. The second kappa shape index (κ2) is 8.15. The molecule has 2 saturated heterocycles. The Balaban J connectivity index is 1.61. The Labute approximate surface area is 170 Å². The summed E-state index contributed by atoms with van der Waals surface area (Å²) < 4.78 is 33.8. The third-order valence-corrected chi connectivity index (χ3v) is 5.64. The molecule has 0 bridgehead atoms. The van der Waals surface area contributed by atoms with Crippen molar-refractivity contribution >= 4 is 17.7 Å². The van der Waals surface area contributed by atoms with Crippen LogP contribution < -0.4 is 0 Å². The van der Waals surface area contributed by atoms with Gasteiger partial charge in [-0.15, -0.1) is 0 Å². The van der Waals surface area contributed by atoms with Crippen molar-refractivity contribution in [3.8, 4) is 0 Å². The minimum atomic E-state index is -2.67. The van der Waals surface area contributed by atoms with E-state index in [2.05, 4.69) is 0 Å². The van der Waals surface area contributed by atoms with E-state index < -0.39 is 11.5 Å². The largest absolute Gasteiger partial charge is 0.444 e. The summed E-state index contributed by atoms with van der Waals surface area (Å²) in [6, 6.07) is 7.27. The fourth-order valence-electron chi connectivity index (χ4n) is 4.14. The first kappa shape index (κ1) is 21.3. The van der Waals surface area contributed by atoms with Crippen molar-refractivity contribution in [2.24, 2.45) is 0 Å². The molecule has 0 N–H and O–H groups in total. The third kappa shape index (κ3) is 5.57. The Morgan fingerprint density at radius 3 is 2.39 bits per heavy atom. The van der Waals surface area contributed by atoms with E-state index in [1.165, 1.54) is 0 Å². The lowest BCUT2D eigenvalue weighted by Gasteiger charge is -2.39. The highest BCUT2D eigenvalue weighted by molar-refractivity contribution is 6.30. The van der Waals surface area contributed by atoms with Gasteiger partial charge in [0.25, 0.3) is 5.92 Å². The molecular formula is C21H29ClF2N2O2. The number of hydrogen-bond acceptors (Lipinski definition) is 3. The Kier molecular flexibility index (Phi) is 6.20. The number of carbonyl (C=O) groups excluding carboxylic acids is 1. The van der Waals surface area contributed by atoms with Gasteiger partial charge >= 0.3 is 6.09 Å². The molecule has 1 unspecified atom stereocenters. The molecule has 7 heteroatoms. The number of likely N-dealkylation sites (tertiary alicyclic amines) is 2. The highest BCUT2D eigenvalue weighted by Crippen LogP contribution is 2.37. The summed E-state index contributed by atoms with van der Waals surface area (Å²) in [6.07, 6.45) is 1.51. The lowest BCUT2D eigenvalue weighted by Crippen LogP contribution is -2.49. The van der Waals surface area contributed by atoms with E-state index in [0.717, 1.165) is 5.56 Å². The van der Waals surface area contributed by atoms with Crippen LogP contribution in [0.4, 0.5) is 13.6 Å². The summed E-state index contributed by atoms with van der Waals surface area (Å²) >= 11 is 5.93. The second-order valence-electron chi connectivity index (χ2n) is 8.92. The predicted octanol–water partition coefficient (Wildman–Crippen LogP) is 4.99. The van der Waals surface area contributed by atoms with Crippen molar-refractivity contribution in [1.82, 2.24) is 9.80 Å². The number of hydrogen-bond donors (Lipinski definition) is 0. The first-order valence-corrected chi connectivity index (χ1v) is 10.3. The van der Waals surface area contributed by atoms with Crippen LogP contribution in [0.25, 0.3) is 0 Å². The van der Waals surface area contributed by atoms with E-state index in [9.17, 15) is 13.6 Å². The van der Waals surface area contributed by atoms with Crippen molar-refractivity contribution < 1.29 is 18.3 Å². The van der Waals surface area contributed by atoms with E-state index in [4.69, 9.17) is 16.3 Å². The van der Waals surface area contributed by atoms with Gasteiger partial charge in [-0.05, 0) is 57.7 Å². The predicted molar refractivity (Wildman–Crippen MR) is 106 cm³/mol. The van der Waals surface area contributed by atoms with E-state index in [1.807, 2.05) is 37.8 Å². The molecule has 4 nitrogen and oxygen atoms in total. The van der Waals surface area contributed by atoms with Gasteiger partial charge in [0.15, 0.2) is 0 Å². The van der Waals surface area contributed by atoms with Gasteiger partial charge in [0, 0.05) is 36.6 Å². The molecule has 2 fully saturated rings. The van der Waals surface area contributed by atoms with Crippen LogP contribution in [-0.4, -0.2) is 59.1 Å². The molecule has 2 aliphatic rings. The van der Waals surface area contributed by atoms with Crippen LogP contribution in [0.2, 0.25) is 5.02 Å². The average Bonchev–Trinajstić information content (AvgIpc) is 2.90. The van der Waals surface area contributed by atoms with Crippen LogP contribution >= 0.6 is 11.6 Å². The molecule has 2 heterocycles. The topological polar surface area (TPSA) is 32.8 Å². The van der Waals surface area contributed by atoms with E-state index in [1.54, 1.807) is 17.0 Å². The Morgan fingerprint density at radius 1 is 1.21 bits per heavy atom. The number of alkyl halides is 2. The molecule has 0 radical (unpaired) electrons. The summed E-state index contributed by atoms with van der Waals surface area (Å²) in [5.74, 6) is -2.67. The van der Waals surface area contributed by atoms with Crippen LogP contribution in [0.3, 0.4) is 0 Å². The first-order valence-electron chi connectivity index (χ1n) is 9.88. The average molecular weight is 415 g/mol. The lowest BCUT2D eigenvalue weighted by molar-refractivity contribution is -0.00314. The molecular weight excluding hydrogens is 386 g/mol. The van der Waals surface area contributed by atoms with Crippen molar-refractivity contribution in [3.05, 3.63) is 34.9 Å². The maximum absolute atomic E-state index is 14.2. The zero-order chi connectivity index (χ0) is 20.5. The fraction of sp³-hybridized carbons (Fsp3) is 0.667. The first-order chi connectivity index (χ1) is 13.0. The highest BCUT2D eigenvalue weighted by Gasteiger charge is 2.47. The minimum Gasteiger partial charge on any atom is -0.444 e. The molecule has 0 aromatic heterocycles. The number of benzene rings is 1. The lowest BCUT2D eigenvalue weighted by atomic mass is 9.99. The summed E-state index contributed by atoms with van der Waals surface area (Å²) in [5.41, 5.74) is 0.484. The van der Waals surface area contributed by atoms with Gasteiger partial charge < -0.3 is 9.64 Å². The van der Waals surface area contributed by atoms with Crippen molar-refractivity contribution in [3.63, 3.8) is 0 Å². The van der Waals surface area contributed by atoms with Crippen molar-refractivity contribution in [2.75, 3.05) is 19.6 Å². The van der Waals surface area contributed by atoms with Crippen LogP contribution in [0.15, 0.2) is 24.3 Å². The van der Waals surface area contributed by atoms with Crippen molar-refractivity contribution in [2.45, 2.75) is 70.1 Å². The standard InChI is InChI=1S/C21H29ClF2N2O2/c1-20(2,3)28-19(27)25-10-8-17(9-11-25)26-14-21(23,24)13-18(26)12-15-4-6-16(22)7-5-15/h4-7,17-18H,8-14H2,1-3H3. The van der Waals surface area contributed by atoms with E-state index in [0.29, 0.717) is 37.4 Å². The van der Waals surface area contributed by atoms with Gasteiger partial charge in [-0.3, -0.25) is 4.90 Å². The number of ether oxygens (including phenoxy) is 1. The summed E-state index contributed by atoms with van der Waals surface area (Å²) in [6.45, 7) is 6.38. The Morgan fingerprint density at radius 2 is 1.82 bits per heavy atom. The SMILES string of the molecule is CC(C)(C)OC(=O)N1CCC(N2CC(F)(F)CC2Cc2ccc(Cl)cc2)CC1. The molecule has 0 spiro atoms.